The molecule has 0 aliphatic heterocycles. The summed E-state index contributed by atoms with van der Waals surface area (Å²) in [5.74, 6) is -0.493. The van der Waals surface area contributed by atoms with Gasteiger partial charge >= 0.3 is 0 Å². The number of aliphatic hydroxyl groups excluding tert-OH is 1. The largest absolute Gasteiger partial charge is 0.378 e. The zero-order chi connectivity index (χ0) is 16.9. The van der Waals surface area contributed by atoms with Crippen LogP contribution in [-0.2, 0) is 11.3 Å². The first-order chi connectivity index (χ1) is 11.6. The summed E-state index contributed by atoms with van der Waals surface area (Å²) < 4.78 is 1.70. The number of nitrogens with zero attached hydrogens (tertiary/aromatic N) is 2. The first-order valence-electron chi connectivity index (χ1n) is 7.42. The Hall–Kier alpha value is -2.63. The van der Waals surface area contributed by atoms with Crippen LogP contribution in [0.25, 0.3) is 0 Å². The molecule has 5 nitrogen and oxygen atoms in total. The van der Waals surface area contributed by atoms with Crippen LogP contribution in [0, 0.1) is 0 Å². The number of aromatic nitrogens is 2. The topological polar surface area (TPSA) is 67.2 Å². The minimum Gasteiger partial charge on any atom is -0.378 e. The van der Waals surface area contributed by atoms with Crippen LogP contribution >= 0.6 is 11.6 Å². The average molecular weight is 342 g/mol. The van der Waals surface area contributed by atoms with E-state index in [1.807, 2.05) is 30.3 Å². The van der Waals surface area contributed by atoms with Crippen molar-refractivity contribution < 1.29 is 9.90 Å². The van der Waals surface area contributed by atoms with Crippen molar-refractivity contribution in [3.63, 3.8) is 0 Å². The summed E-state index contributed by atoms with van der Waals surface area (Å²) in [5.41, 5.74) is 2.12. The third-order valence-electron chi connectivity index (χ3n) is 3.52. The van der Waals surface area contributed by atoms with Crippen LogP contribution < -0.4 is 5.32 Å². The van der Waals surface area contributed by atoms with Gasteiger partial charge in [-0.3, -0.25) is 9.48 Å². The lowest BCUT2D eigenvalue weighted by molar-refractivity contribution is -0.124. The van der Waals surface area contributed by atoms with Gasteiger partial charge in [0.05, 0.1) is 18.4 Å². The molecule has 0 bridgehead atoms. The highest BCUT2D eigenvalue weighted by molar-refractivity contribution is 6.30. The van der Waals surface area contributed by atoms with Gasteiger partial charge in [0.1, 0.15) is 0 Å². The van der Waals surface area contributed by atoms with E-state index < -0.39 is 12.0 Å². The monoisotopic (exact) mass is 341 g/mol. The Labute approximate surface area is 144 Å². The minimum atomic E-state index is -1.22. The lowest BCUT2D eigenvalue weighted by Crippen LogP contribution is -2.20. The quantitative estimate of drug-likeness (QED) is 0.748. The second kappa shape index (κ2) is 7.29. The van der Waals surface area contributed by atoms with E-state index in [4.69, 9.17) is 11.6 Å². The van der Waals surface area contributed by atoms with Crippen LogP contribution in [0.1, 0.15) is 17.2 Å². The Morgan fingerprint density at radius 1 is 1.17 bits per heavy atom. The van der Waals surface area contributed by atoms with Gasteiger partial charge in [0.2, 0.25) is 0 Å². The molecule has 6 heteroatoms. The van der Waals surface area contributed by atoms with Crippen molar-refractivity contribution >= 4 is 23.2 Å². The number of rotatable bonds is 5. The molecule has 0 spiro atoms. The highest BCUT2D eigenvalue weighted by atomic mass is 35.5. The lowest BCUT2D eigenvalue weighted by Gasteiger charge is -2.10. The van der Waals surface area contributed by atoms with Crippen LogP contribution in [0.5, 0.6) is 0 Å². The van der Waals surface area contributed by atoms with E-state index in [1.165, 1.54) is 0 Å². The molecule has 0 aliphatic rings. The van der Waals surface area contributed by atoms with Crippen LogP contribution in [0.4, 0.5) is 5.69 Å². The summed E-state index contributed by atoms with van der Waals surface area (Å²) in [6.45, 7) is 0.564. The summed E-state index contributed by atoms with van der Waals surface area (Å²) in [5, 5.41) is 17.6. The fourth-order valence-electron chi connectivity index (χ4n) is 2.29. The summed E-state index contributed by atoms with van der Waals surface area (Å²) in [6.07, 6.45) is 2.04. The van der Waals surface area contributed by atoms with Crippen molar-refractivity contribution in [2.24, 2.45) is 0 Å². The fourth-order valence-corrected chi connectivity index (χ4v) is 2.41. The van der Waals surface area contributed by atoms with E-state index in [2.05, 4.69) is 10.4 Å². The Morgan fingerprint density at radius 3 is 2.58 bits per heavy atom. The molecule has 122 valence electrons. The Morgan fingerprint density at radius 2 is 1.88 bits per heavy atom. The predicted molar refractivity (Wildman–Crippen MR) is 92.8 cm³/mol. The standard InChI is InChI=1S/C18H16ClN3O2/c19-15-8-6-13(7-9-15)11-22-12-16(10-20-22)21-18(24)17(23)14-4-2-1-3-5-14/h1-10,12,17,23H,11H2,(H,21,24). The van der Waals surface area contributed by atoms with Gasteiger partial charge in [-0.2, -0.15) is 5.10 Å². The number of benzene rings is 2. The molecular formula is C18H16ClN3O2. The van der Waals surface area contributed by atoms with Gasteiger partial charge < -0.3 is 10.4 Å². The first kappa shape index (κ1) is 16.2. The van der Waals surface area contributed by atoms with Gasteiger partial charge in [0.25, 0.3) is 5.91 Å². The Bertz CT molecular complexity index is 816. The van der Waals surface area contributed by atoms with E-state index in [-0.39, 0.29) is 0 Å². The summed E-state index contributed by atoms with van der Waals surface area (Å²) in [4.78, 5) is 12.1. The molecule has 3 rings (SSSR count). The number of hydrogen-bond acceptors (Lipinski definition) is 3. The zero-order valence-electron chi connectivity index (χ0n) is 12.8. The van der Waals surface area contributed by atoms with Crippen molar-refractivity contribution in [1.82, 2.24) is 9.78 Å². The van der Waals surface area contributed by atoms with E-state index >= 15 is 0 Å². The number of hydrogen-bond donors (Lipinski definition) is 2. The van der Waals surface area contributed by atoms with Gasteiger partial charge in [-0.15, -0.1) is 0 Å². The number of aliphatic hydroxyl groups is 1. The van der Waals surface area contributed by atoms with Gasteiger partial charge in [0, 0.05) is 11.2 Å². The third-order valence-corrected chi connectivity index (χ3v) is 3.77. The molecule has 0 saturated heterocycles. The SMILES string of the molecule is O=C(Nc1cnn(Cc2ccc(Cl)cc2)c1)C(O)c1ccccc1. The Balaban J connectivity index is 1.63. The maximum Gasteiger partial charge on any atom is 0.257 e. The molecule has 2 aromatic carbocycles. The molecule has 24 heavy (non-hydrogen) atoms. The minimum absolute atomic E-state index is 0.493. The first-order valence-corrected chi connectivity index (χ1v) is 7.80. The molecule has 1 amide bonds. The maximum atomic E-state index is 12.1. The van der Waals surface area contributed by atoms with Gasteiger partial charge in [-0.1, -0.05) is 54.1 Å². The van der Waals surface area contributed by atoms with E-state index in [9.17, 15) is 9.90 Å². The third kappa shape index (κ3) is 4.01. The maximum absolute atomic E-state index is 12.1. The number of halogens is 1. The van der Waals surface area contributed by atoms with Crippen LogP contribution in [-0.4, -0.2) is 20.8 Å². The molecule has 2 N–H and O–H groups in total. The lowest BCUT2D eigenvalue weighted by atomic mass is 10.1. The molecular weight excluding hydrogens is 326 g/mol. The van der Waals surface area contributed by atoms with Crippen molar-refractivity contribution in [3.05, 3.63) is 83.1 Å². The molecule has 0 fully saturated rings. The average Bonchev–Trinajstić information content (AvgIpc) is 3.04. The molecule has 3 aromatic rings. The number of carbonyl (C=O) groups excluding carboxylic acids is 1. The van der Waals surface area contributed by atoms with Gasteiger partial charge in [-0.05, 0) is 23.3 Å². The highest BCUT2D eigenvalue weighted by Gasteiger charge is 2.17. The summed E-state index contributed by atoms with van der Waals surface area (Å²) >= 11 is 5.86. The molecule has 1 aromatic heterocycles. The molecule has 0 aliphatic carbocycles. The van der Waals surface area contributed by atoms with Gasteiger partial charge in [-0.25, -0.2) is 0 Å². The fraction of sp³-hybridized carbons (Fsp3) is 0.111. The zero-order valence-corrected chi connectivity index (χ0v) is 13.5. The Kier molecular flexibility index (Phi) is 4.93. The number of nitrogens with one attached hydrogen (secondary N) is 1. The van der Waals surface area contributed by atoms with Crippen LogP contribution in [0.3, 0.4) is 0 Å². The van der Waals surface area contributed by atoms with Crippen molar-refractivity contribution in [1.29, 1.82) is 0 Å². The molecule has 1 heterocycles. The molecule has 1 unspecified atom stereocenters. The predicted octanol–water partition coefficient (Wildman–Crippen LogP) is 3.26. The van der Waals surface area contributed by atoms with Crippen LogP contribution in [0.15, 0.2) is 67.0 Å². The van der Waals surface area contributed by atoms with Gasteiger partial charge in [0.15, 0.2) is 6.10 Å². The van der Waals surface area contributed by atoms with Crippen molar-refractivity contribution in [2.45, 2.75) is 12.6 Å². The summed E-state index contributed by atoms with van der Waals surface area (Å²) in [7, 11) is 0. The van der Waals surface area contributed by atoms with E-state index in [0.717, 1.165) is 5.56 Å². The molecule has 0 radical (unpaired) electrons. The smallest absolute Gasteiger partial charge is 0.257 e. The molecule has 0 saturated carbocycles. The van der Waals surface area contributed by atoms with Crippen molar-refractivity contribution in [3.8, 4) is 0 Å². The number of amides is 1. The highest BCUT2D eigenvalue weighted by Crippen LogP contribution is 2.16. The van der Waals surface area contributed by atoms with Crippen molar-refractivity contribution in [2.75, 3.05) is 5.32 Å². The number of carbonyl (C=O) groups is 1. The number of anilines is 1. The second-order valence-electron chi connectivity index (χ2n) is 5.36. The van der Waals surface area contributed by atoms with E-state index in [0.29, 0.717) is 22.8 Å². The second-order valence-corrected chi connectivity index (χ2v) is 5.79. The normalized spacial score (nSPS) is 11.9. The summed E-state index contributed by atoms with van der Waals surface area (Å²) in [6, 6.07) is 16.3. The molecule has 1 atom stereocenters. The van der Waals surface area contributed by atoms with Crippen LogP contribution in [0.2, 0.25) is 5.02 Å². The van der Waals surface area contributed by atoms with E-state index in [1.54, 1.807) is 41.3 Å².